The third-order valence-corrected chi connectivity index (χ3v) is 3.53. The van der Waals surface area contributed by atoms with Gasteiger partial charge in [-0.25, -0.2) is 0 Å². The van der Waals surface area contributed by atoms with E-state index < -0.39 is 0 Å². The Morgan fingerprint density at radius 3 is 2.62 bits per heavy atom. The highest BCUT2D eigenvalue weighted by atomic mass is 32.1. The Morgan fingerprint density at radius 2 is 2.05 bits per heavy atom. The molecule has 0 spiro atoms. The molecule has 0 saturated heterocycles. The van der Waals surface area contributed by atoms with Crippen molar-refractivity contribution in [1.29, 1.82) is 0 Å². The molecule has 0 radical (unpaired) electrons. The second kappa shape index (κ2) is 7.26. The lowest BCUT2D eigenvalue weighted by atomic mass is 10.3. The first-order chi connectivity index (χ1) is 10.1. The summed E-state index contributed by atoms with van der Waals surface area (Å²) in [5, 5.41) is 0. The van der Waals surface area contributed by atoms with Crippen molar-refractivity contribution in [2.45, 2.75) is 25.3 Å². The molecule has 0 aliphatic heterocycles. The average Bonchev–Trinajstić information content (AvgIpc) is 3.30. The molecule has 0 bridgehead atoms. The highest BCUT2D eigenvalue weighted by molar-refractivity contribution is 7.80. The van der Waals surface area contributed by atoms with Crippen molar-refractivity contribution in [3.63, 3.8) is 0 Å². The van der Waals surface area contributed by atoms with Crippen LogP contribution in [0.15, 0.2) is 24.3 Å². The summed E-state index contributed by atoms with van der Waals surface area (Å²) >= 11 is 4.87. The summed E-state index contributed by atoms with van der Waals surface area (Å²) in [6, 6.07) is 7.58. The zero-order valence-corrected chi connectivity index (χ0v) is 12.9. The number of ether oxygens (including phenoxy) is 2. The first kappa shape index (κ1) is 15.6. The number of thiocarbonyl (C=S) groups is 1. The summed E-state index contributed by atoms with van der Waals surface area (Å²) in [5.41, 5.74) is 5.51. The monoisotopic (exact) mass is 308 g/mol. The molecular formula is C15H20N2O3S. The van der Waals surface area contributed by atoms with E-state index in [0.717, 1.165) is 12.8 Å². The number of rotatable bonds is 8. The largest absolute Gasteiger partial charge is 0.493 e. The van der Waals surface area contributed by atoms with Crippen LogP contribution in [0.3, 0.4) is 0 Å². The summed E-state index contributed by atoms with van der Waals surface area (Å²) in [4.78, 5) is 14.5. The number of amides is 1. The number of para-hydroxylation sites is 2. The van der Waals surface area contributed by atoms with Crippen molar-refractivity contribution < 1.29 is 14.3 Å². The second-order valence-electron chi connectivity index (χ2n) is 4.97. The third-order valence-electron chi connectivity index (χ3n) is 3.33. The summed E-state index contributed by atoms with van der Waals surface area (Å²) in [6.07, 6.45) is 2.63. The van der Waals surface area contributed by atoms with E-state index in [4.69, 9.17) is 27.4 Å². The Labute approximate surface area is 130 Å². The van der Waals surface area contributed by atoms with Gasteiger partial charge in [-0.15, -0.1) is 0 Å². The van der Waals surface area contributed by atoms with E-state index in [0.29, 0.717) is 35.5 Å². The van der Waals surface area contributed by atoms with Crippen LogP contribution in [0.2, 0.25) is 0 Å². The fourth-order valence-electron chi connectivity index (χ4n) is 2.09. The highest BCUT2D eigenvalue weighted by Crippen LogP contribution is 2.28. The zero-order valence-electron chi connectivity index (χ0n) is 12.1. The van der Waals surface area contributed by atoms with E-state index in [1.165, 1.54) is 0 Å². The molecular weight excluding hydrogens is 288 g/mol. The van der Waals surface area contributed by atoms with Crippen LogP contribution in [0.5, 0.6) is 11.5 Å². The lowest BCUT2D eigenvalue weighted by molar-refractivity contribution is -0.133. The summed E-state index contributed by atoms with van der Waals surface area (Å²) in [5.74, 6) is 1.14. The maximum atomic E-state index is 12.3. The van der Waals surface area contributed by atoms with E-state index in [1.54, 1.807) is 19.2 Å². The van der Waals surface area contributed by atoms with Crippen LogP contribution in [0.25, 0.3) is 0 Å². The third kappa shape index (κ3) is 4.60. The number of carbonyl (C=O) groups is 1. The van der Waals surface area contributed by atoms with Gasteiger partial charge in [0.1, 0.15) is 0 Å². The first-order valence-electron chi connectivity index (χ1n) is 6.95. The van der Waals surface area contributed by atoms with Gasteiger partial charge in [-0.3, -0.25) is 4.79 Å². The molecule has 114 valence electrons. The van der Waals surface area contributed by atoms with Gasteiger partial charge in [0.15, 0.2) is 18.1 Å². The second-order valence-corrected chi connectivity index (χ2v) is 5.50. The molecule has 1 aromatic rings. The number of benzene rings is 1. The molecule has 6 heteroatoms. The number of nitrogens with zero attached hydrogens (tertiary/aromatic N) is 1. The molecule has 0 heterocycles. The van der Waals surface area contributed by atoms with Crippen molar-refractivity contribution in [2.75, 3.05) is 20.3 Å². The van der Waals surface area contributed by atoms with Gasteiger partial charge in [0.05, 0.1) is 12.1 Å². The minimum atomic E-state index is -0.0420. The number of methoxy groups -OCH3 is 1. The van der Waals surface area contributed by atoms with Gasteiger partial charge in [-0.05, 0) is 25.0 Å². The first-order valence-corrected chi connectivity index (χ1v) is 7.36. The Morgan fingerprint density at radius 1 is 1.38 bits per heavy atom. The predicted octanol–water partition coefficient (Wildman–Crippen LogP) is 1.74. The van der Waals surface area contributed by atoms with Crippen LogP contribution in [0, 0.1) is 0 Å². The van der Waals surface area contributed by atoms with Gasteiger partial charge in [0, 0.05) is 19.0 Å². The predicted molar refractivity (Wildman–Crippen MR) is 84.6 cm³/mol. The van der Waals surface area contributed by atoms with E-state index in [9.17, 15) is 4.79 Å². The van der Waals surface area contributed by atoms with Gasteiger partial charge < -0.3 is 20.1 Å². The Bertz CT molecular complexity index is 517. The van der Waals surface area contributed by atoms with Crippen LogP contribution < -0.4 is 15.2 Å². The van der Waals surface area contributed by atoms with Crippen LogP contribution in [0.4, 0.5) is 0 Å². The molecule has 1 saturated carbocycles. The van der Waals surface area contributed by atoms with Crippen LogP contribution >= 0.6 is 12.2 Å². The smallest absolute Gasteiger partial charge is 0.260 e. The molecule has 2 N–H and O–H groups in total. The van der Waals surface area contributed by atoms with E-state index in [1.807, 2.05) is 17.0 Å². The average molecular weight is 308 g/mol. The number of carbonyl (C=O) groups excluding carboxylic acids is 1. The maximum absolute atomic E-state index is 12.3. The van der Waals surface area contributed by atoms with E-state index >= 15 is 0 Å². The molecule has 1 amide bonds. The fraction of sp³-hybridized carbons (Fsp3) is 0.467. The number of hydrogen-bond donors (Lipinski definition) is 1. The molecule has 1 aromatic carbocycles. The zero-order chi connectivity index (χ0) is 15.2. The minimum Gasteiger partial charge on any atom is -0.493 e. The topological polar surface area (TPSA) is 64.8 Å². The van der Waals surface area contributed by atoms with Crippen molar-refractivity contribution in [3.8, 4) is 11.5 Å². The SMILES string of the molecule is COc1ccccc1OCC(=O)N(CCC(N)=S)C1CC1. The van der Waals surface area contributed by atoms with Crippen molar-refractivity contribution in [3.05, 3.63) is 24.3 Å². The standard InChI is InChI=1S/C15H20N2O3S/c1-19-12-4-2-3-5-13(12)20-10-15(18)17(11-6-7-11)9-8-14(16)21/h2-5,11H,6-10H2,1H3,(H2,16,21). The molecule has 1 fully saturated rings. The molecule has 0 atom stereocenters. The van der Waals surface area contributed by atoms with Gasteiger partial charge in [-0.2, -0.15) is 0 Å². The maximum Gasteiger partial charge on any atom is 0.260 e. The summed E-state index contributed by atoms with van der Waals surface area (Å²) in [7, 11) is 1.57. The van der Waals surface area contributed by atoms with Gasteiger partial charge in [0.25, 0.3) is 5.91 Å². The van der Waals surface area contributed by atoms with Crippen molar-refractivity contribution >= 4 is 23.1 Å². The molecule has 2 rings (SSSR count). The lowest BCUT2D eigenvalue weighted by Crippen LogP contribution is -2.38. The number of hydrogen-bond acceptors (Lipinski definition) is 4. The van der Waals surface area contributed by atoms with Gasteiger partial charge in [0.2, 0.25) is 0 Å². The van der Waals surface area contributed by atoms with Crippen LogP contribution in [0.1, 0.15) is 19.3 Å². The molecule has 0 aromatic heterocycles. The summed E-state index contributed by atoms with van der Waals surface area (Å²) < 4.78 is 10.8. The van der Waals surface area contributed by atoms with Gasteiger partial charge >= 0.3 is 0 Å². The Kier molecular flexibility index (Phi) is 5.38. The molecule has 5 nitrogen and oxygen atoms in total. The van der Waals surface area contributed by atoms with E-state index in [2.05, 4.69) is 0 Å². The highest BCUT2D eigenvalue weighted by Gasteiger charge is 2.32. The molecule has 1 aliphatic carbocycles. The van der Waals surface area contributed by atoms with E-state index in [-0.39, 0.29) is 12.5 Å². The molecule has 21 heavy (non-hydrogen) atoms. The number of nitrogens with two attached hydrogens (primary N) is 1. The quantitative estimate of drug-likeness (QED) is 0.741. The Balaban J connectivity index is 1.91. The van der Waals surface area contributed by atoms with Crippen molar-refractivity contribution in [1.82, 2.24) is 4.90 Å². The fourth-order valence-corrected chi connectivity index (χ4v) is 2.18. The normalized spacial score (nSPS) is 13.6. The lowest BCUT2D eigenvalue weighted by Gasteiger charge is -2.22. The Hall–Kier alpha value is -1.82. The van der Waals surface area contributed by atoms with Crippen LogP contribution in [-0.2, 0) is 4.79 Å². The minimum absolute atomic E-state index is 0.00575. The molecule has 0 unspecified atom stereocenters. The molecule has 1 aliphatic rings. The van der Waals surface area contributed by atoms with Gasteiger partial charge in [-0.1, -0.05) is 24.4 Å². The summed E-state index contributed by atoms with van der Waals surface area (Å²) in [6.45, 7) is 0.558. The van der Waals surface area contributed by atoms with Crippen LogP contribution in [-0.4, -0.2) is 42.1 Å². The van der Waals surface area contributed by atoms with Crippen molar-refractivity contribution in [2.24, 2.45) is 5.73 Å².